The maximum absolute atomic E-state index is 15.1. The fourth-order valence-corrected chi connectivity index (χ4v) is 6.65. The van der Waals surface area contributed by atoms with Crippen molar-refractivity contribution in [2.24, 2.45) is 5.92 Å². The van der Waals surface area contributed by atoms with Gasteiger partial charge in [-0.15, -0.1) is 0 Å². The van der Waals surface area contributed by atoms with Crippen LogP contribution in [0.3, 0.4) is 0 Å². The second kappa shape index (κ2) is 6.41. The number of nitrogens with one attached hydrogen (secondary N) is 2. The Kier molecular flexibility index (Phi) is 4.55. The van der Waals surface area contributed by atoms with Gasteiger partial charge in [-0.05, 0) is 71.1 Å². The van der Waals surface area contributed by atoms with Crippen LogP contribution in [0.15, 0.2) is 18.2 Å². The number of rotatable bonds is 4. The van der Waals surface area contributed by atoms with E-state index in [-0.39, 0.29) is 24.4 Å². The van der Waals surface area contributed by atoms with Crippen LogP contribution in [0.2, 0.25) is 0 Å². The van der Waals surface area contributed by atoms with E-state index in [9.17, 15) is 8.42 Å². The Labute approximate surface area is 171 Å². The predicted octanol–water partition coefficient (Wildman–Crippen LogP) is 3.15. The van der Waals surface area contributed by atoms with Crippen molar-refractivity contribution in [3.63, 3.8) is 0 Å². The first-order chi connectivity index (χ1) is 13.4. The smallest absolute Gasteiger partial charge is 0.168 e. The minimum Gasteiger partial charge on any atom is -0.493 e. The van der Waals surface area contributed by atoms with E-state index in [0.717, 1.165) is 12.8 Å². The third-order valence-electron chi connectivity index (χ3n) is 6.55. The van der Waals surface area contributed by atoms with E-state index in [4.69, 9.17) is 14.9 Å². The Morgan fingerprint density at radius 3 is 2.62 bits per heavy atom. The maximum atomic E-state index is 15.1. The first-order valence-electron chi connectivity index (χ1n) is 10.1. The van der Waals surface area contributed by atoms with Gasteiger partial charge >= 0.3 is 0 Å². The van der Waals surface area contributed by atoms with E-state index in [1.54, 1.807) is 12.1 Å². The Bertz CT molecular complexity index is 955. The molecule has 1 aromatic carbocycles. The molecule has 2 atom stereocenters. The van der Waals surface area contributed by atoms with E-state index in [1.807, 2.05) is 13.8 Å². The number of fused-ring (bicyclic) bond motifs is 1. The van der Waals surface area contributed by atoms with Gasteiger partial charge in [0.1, 0.15) is 27.7 Å². The lowest BCUT2D eigenvalue weighted by Gasteiger charge is -2.55. The van der Waals surface area contributed by atoms with Crippen molar-refractivity contribution >= 4 is 15.7 Å². The molecule has 1 aliphatic carbocycles. The largest absolute Gasteiger partial charge is 0.493 e. The number of benzene rings is 1. The summed E-state index contributed by atoms with van der Waals surface area (Å²) >= 11 is 0. The molecule has 8 heteroatoms. The van der Waals surface area contributed by atoms with Crippen molar-refractivity contribution in [3.8, 4) is 5.75 Å². The highest BCUT2D eigenvalue weighted by atomic mass is 32.2. The lowest BCUT2D eigenvalue weighted by molar-refractivity contribution is -0.0919. The van der Waals surface area contributed by atoms with Crippen molar-refractivity contribution in [2.45, 2.75) is 68.1 Å². The SMILES string of the molecule is CC1(C)C[C@@H]2[C@](c3cc(OCC4CC4)ccc3F)(CO1)NC(=N)C(C)(C)S2(=O)=O. The molecule has 1 aromatic rings. The van der Waals surface area contributed by atoms with Crippen molar-refractivity contribution in [1.29, 1.82) is 5.41 Å². The standard InChI is InChI=1S/C21H29FN2O4S/c1-19(2)10-17-21(12-28-19,24-18(23)20(3,4)29(17,25)26)15-9-14(7-8-16(15)22)27-11-13-5-6-13/h7-9,13,17H,5-6,10-12H2,1-4H3,(H2,23,24)/t17-,21-/m1/s1. The third-order valence-corrected chi connectivity index (χ3v) is 9.50. The van der Waals surface area contributed by atoms with Gasteiger partial charge in [-0.25, -0.2) is 12.8 Å². The highest BCUT2D eigenvalue weighted by Crippen LogP contribution is 2.48. The normalized spacial score (nSPS) is 32.2. The molecule has 29 heavy (non-hydrogen) atoms. The van der Waals surface area contributed by atoms with Gasteiger partial charge in [-0.1, -0.05) is 0 Å². The van der Waals surface area contributed by atoms with Gasteiger partial charge in [0.25, 0.3) is 0 Å². The summed E-state index contributed by atoms with van der Waals surface area (Å²) < 4.78 is 52.6. The van der Waals surface area contributed by atoms with Crippen molar-refractivity contribution in [3.05, 3.63) is 29.6 Å². The van der Waals surface area contributed by atoms with Gasteiger partial charge in [0.2, 0.25) is 0 Å². The number of ether oxygens (including phenoxy) is 2. The van der Waals surface area contributed by atoms with Crippen LogP contribution in [0, 0.1) is 17.1 Å². The van der Waals surface area contributed by atoms with Gasteiger partial charge < -0.3 is 14.8 Å². The Balaban J connectivity index is 1.83. The quantitative estimate of drug-likeness (QED) is 0.775. The number of sulfone groups is 1. The first-order valence-corrected chi connectivity index (χ1v) is 11.6. The number of halogens is 1. The van der Waals surface area contributed by atoms with E-state index in [0.29, 0.717) is 18.3 Å². The molecule has 2 aliphatic heterocycles. The van der Waals surface area contributed by atoms with E-state index < -0.39 is 36.8 Å². The van der Waals surface area contributed by atoms with Crippen LogP contribution in [-0.2, 0) is 20.1 Å². The summed E-state index contributed by atoms with van der Waals surface area (Å²) in [7, 11) is -3.81. The lowest BCUT2D eigenvalue weighted by atomic mass is 9.78. The van der Waals surface area contributed by atoms with Crippen LogP contribution in [-0.4, -0.2) is 43.1 Å². The minimum absolute atomic E-state index is 0.0502. The fraction of sp³-hybridized carbons (Fsp3) is 0.667. The summed E-state index contributed by atoms with van der Waals surface area (Å²) in [4.78, 5) is 0. The molecule has 160 valence electrons. The topological polar surface area (TPSA) is 88.5 Å². The molecule has 0 bridgehead atoms. The van der Waals surface area contributed by atoms with E-state index >= 15 is 4.39 Å². The molecule has 3 aliphatic rings. The van der Waals surface area contributed by atoms with Gasteiger partial charge in [0, 0.05) is 5.56 Å². The number of amidine groups is 1. The molecular weight excluding hydrogens is 395 g/mol. The lowest BCUT2D eigenvalue weighted by Crippen LogP contribution is -2.74. The summed E-state index contributed by atoms with van der Waals surface area (Å²) in [5.74, 6) is 0.352. The Morgan fingerprint density at radius 1 is 1.28 bits per heavy atom. The van der Waals surface area contributed by atoms with Crippen LogP contribution in [0.1, 0.15) is 52.5 Å². The van der Waals surface area contributed by atoms with Crippen molar-refractivity contribution in [1.82, 2.24) is 5.32 Å². The second-order valence-electron chi connectivity index (χ2n) is 9.66. The molecule has 6 nitrogen and oxygen atoms in total. The van der Waals surface area contributed by atoms with Crippen LogP contribution < -0.4 is 10.1 Å². The summed E-state index contributed by atoms with van der Waals surface area (Å²) in [5.41, 5.74) is -1.87. The molecule has 0 amide bonds. The maximum Gasteiger partial charge on any atom is 0.168 e. The zero-order chi connectivity index (χ0) is 21.2. The third kappa shape index (κ3) is 3.24. The van der Waals surface area contributed by atoms with E-state index in [2.05, 4.69) is 5.32 Å². The molecule has 0 unspecified atom stereocenters. The summed E-state index contributed by atoms with van der Waals surface area (Å²) in [6.45, 7) is 7.24. The highest BCUT2D eigenvalue weighted by molar-refractivity contribution is 7.94. The van der Waals surface area contributed by atoms with Crippen molar-refractivity contribution in [2.75, 3.05) is 13.2 Å². The molecule has 4 rings (SSSR count). The number of hydrogen-bond acceptors (Lipinski definition) is 5. The average Bonchev–Trinajstić information content (AvgIpc) is 3.45. The van der Waals surface area contributed by atoms with Gasteiger partial charge in [-0.3, -0.25) is 5.41 Å². The summed E-state index contributed by atoms with van der Waals surface area (Å²) in [5, 5.41) is 10.5. The highest BCUT2D eigenvalue weighted by Gasteiger charge is 2.63. The van der Waals surface area contributed by atoms with Crippen LogP contribution in [0.4, 0.5) is 4.39 Å². The first kappa shape index (κ1) is 20.6. The van der Waals surface area contributed by atoms with Crippen LogP contribution in [0.25, 0.3) is 0 Å². The Hall–Kier alpha value is -1.67. The zero-order valence-electron chi connectivity index (χ0n) is 17.3. The molecule has 0 spiro atoms. The second-order valence-corrected chi connectivity index (χ2v) is 12.3. The minimum atomic E-state index is -3.81. The summed E-state index contributed by atoms with van der Waals surface area (Å²) in [6, 6.07) is 4.44. The summed E-state index contributed by atoms with van der Waals surface area (Å²) in [6.07, 6.45) is 2.47. The van der Waals surface area contributed by atoms with Crippen LogP contribution in [0.5, 0.6) is 5.75 Å². The van der Waals surface area contributed by atoms with Crippen LogP contribution >= 0.6 is 0 Å². The zero-order valence-corrected chi connectivity index (χ0v) is 18.2. The van der Waals surface area contributed by atoms with Crippen molar-refractivity contribution < 1.29 is 22.3 Å². The van der Waals surface area contributed by atoms with Gasteiger partial charge in [-0.2, -0.15) is 0 Å². The monoisotopic (exact) mass is 424 g/mol. The molecule has 2 heterocycles. The molecule has 0 aromatic heterocycles. The molecule has 0 radical (unpaired) electrons. The molecule has 2 N–H and O–H groups in total. The van der Waals surface area contributed by atoms with Gasteiger partial charge in [0.05, 0.1) is 24.1 Å². The Morgan fingerprint density at radius 2 is 1.97 bits per heavy atom. The fourth-order valence-electron chi connectivity index (χ4n) is 4.20. The predicted molar refractivity (Wildman–Crippen MR) is 109 cm³/mol. The average molecular weight is 425 g/mol. The van der Waals surface area contributed by atoms with Gasteiger partial charge in [0.15, 0.2) is 9.84 Å². The molecule has 1 saturated carbocycles. The number of hydrogen-bond donors (Lipinski definition) is 2. The molecule has 2 saturated heterocycles. The van der Waals surface area contributed by atoms with E-state index in [1.165, 1.54) is 19.9 Å². The molecule has 3 fully saturated rings. The molecular formula is C21H29FN2O4S.